The molecule has 0 unspecified atom stereocenters. The van der Waals surface area contributed by atoms with Crippen LogP contribution < -0.4 is 5.32 Å². The van der Waals surface area contributed by atoms with E-state index in [0.29, 0.717) is 29.9 Å². The first-order valence-corrected chi connectivity index (χ1v) is 8.42. The van der Waals surface area contributed by atoms with Crippen molar-refractivity contribution in [3.63, 3.8) is 0 Å². The number of alkyl halides is 3. The third-order valence-electron chi connectivity index (χ3n) is 4.28. The Bertz CT molecular complexity index is 1050. The summed E-state index contributed by atoms with van der Waals surface area (Å²) in [4.78, 5) is 23.3. The Kier molecular flexibility index (Phi) is 4.15. The highest BCUT2D eigenvalue weighted by atomic mass is 35.5. The minimum absolute atomic E-state index is 0.0906. The van der Waals surface area contributed by atoms with Crippen molar-refractivity contribution < 1.29 is 18.0 Å². The lowest BCUT2D eigenvalue weighted by Crippen LogP contribution is -2.31. The first-order chi connectivity index (χ1) is 12.8. The molecule has 0 spiro atoms. The molecule has 1 aliphatic heterocycles. The summed E-state index contributed by atoms with van der Waals surface area (Å²) in [7, 11) is 0. The molecule has 2 aromatic heterocycles. The lowest BCUT2D eigenvalue weighted by molar-refractivity contribution is -0.137. The predicted octanol–water partition coefficient (Wildman–Crippen LogP) is 4.10. The van der Waals surface area contributed by atoms with Crippen LogP contribution in [0.1, 0.15) is 21.6 Å². The van der Waals surface area contributed by atoms with Crippen LogP contribution in [-0.4, -0.2) is 27.4 Å². The average Bonchev–Trinajstić information content (AvgIpc) is 3.07. The largest absolute Gasteiger partial charge is 0.417 e. The number of aromatic amines is 1. The van der Waals surface area contributed by atoms with Gasteiger partial charge in [-0.1, -0.05) is 17.7 Å². The SMILES string of the molecule is O=C1NCCc2[nH]c(-c3ccnc(-c4c(Cl)cccc4C(F)(F)F)n3)cc21. The number of hydrogen-bond acceptors (Lipinski definition) is 3. The second-order valence-electron chi connectivity index (χ2n) is 6.01. The number of carbonyl (C=O) groups excluding carboxylic acids is 1. The van der Waals surface area contributed by atoms with Crippen molar-refractivity contribution in [1.29, 1.82) is 0 Å². The van der Waals surface area contributed by atoms with Crippen LogP contribution in [0.25, 0.3) is 22.8 Å². The fourth-order valence-electron chi connectivity index (χ4n) is 3.05. The number of amides is 1. The van der Waals surface area contributed by atoms with E-state index in [1.165, 1.54) is 18.3 Å². The fourth-order valence-corrected chi connectivity index (χ4v) is 3.31. The highest BCUT2D eigenvalue weighted by molar-refractivity contribution is 6.33. The molecule has 0 saturated heterocycles. The van der Waals surface area contributed by atoms with Crippen molar-refractivity contribution in [3.8, 4) is 22.8 Å². The van der Waals surface area contributed by atoms with Gasteiger partial charge in [-0.2, -0.15) is 13.2 Å². The second kappa shape index (κ2) is 6.38. The standard InChI is InChI=1S/C18H12ClF3N4O/c19-11-3-1-2-10(18(20,21)22)15(11)16-23-6-5-13(26-16)14-8-9-12(25-14)4-7-24-17(9)27/h1-3,5-6,8,25H,4,7H2,(H,24,27). The third-order valence-corrected chi connectivity index (χ3v) is 4.59. The van der Waals surface area contributed by atoms with Gasteiger partial charge in [-0.05, 0) is 24.3 Å². The second-order valence-corrected chi connectivity index (χ2v) is 6.41. The van der Waals surface area contributed by atoms with Gasteiger partial charge in [0.15, 0.2) is 5.82 Å². The minimum Gasteiger partial charge on any atom is -0.356 e. The van der Waals surface area contributed by atoms with E-state index in [1.807, 2.05) is 0 Å². The number of nitrogens with one attached hydrogen (secondary N) is 2. The number of rotatable bonds is 2. The van der Waals surface area contributed by atoms with Crippen LogP contribution in [0.5, 0.6) is 0 Å². The van der Waals surface area contributed by atoms with Crippen LogP contribution in [0.2, 0.25) is 5.02 Å². The summed E-state index contributed by atoms with van der Waals surface area (Å²) in [6.45, 7) is 0.523. The van der Waals surface area contributed by atoms with Crippen LogP contribution in [-0.2, 0) is 12.6 Å². The van der Waals surface area contributed by atoms with Crippen LogP contribution in [0.4, 0.5) is 13.2 Å². The summed E-state index contributed by atoms with van der Waals surface area (Å²) in [5, 5.41) is 2.65. The molecular formula is C18H12ClF3N4O. The summed E-state index contributed by atoms with van der Waals surface area (Å²) in [5.74, 6) is -0.332. The molecule has 1 aromatic carbocycles. The zero-order chi connectivity index (χ0) is 19.2. The normalized spacial score (nSPS) is 14.0. The Balaban J connectivity index is 1.83. The van der Waals surface area contributed by atoms with Gasteiger partial charge in [0.25, 0.3) is 5.91 Å². The van der Waals surface area contributed by atoms with Crippen molar-refractivity contribution in [2.75, 3.05) is 6.54 Å². The Morgan fingerprint density at radius 1 is 1.19 bits per heavy atom. The van der Waals surface area contributed by atoms with Crippen LogP contribution >= 0.6 is 11.6 Å². The van der Waals surface area contributed by atoms with E-state index in [-0.39, 0.29) is 22.3 Å². The summed E-state index contributed by atoms with van der Waals surface area (Å²) in [6, 6.07) is 6.72. The van der Waals surface area contributed by atoms with Crippen molar-refractivity contribution >= 4 is 17.5 Å². The molecule has 0 bridgehead atoms. The molecule has 3 heterocycles. The van der Waals surface area contributed by atoms with E-state index in [9.17, 15) is 18.0 Å². The summed E-state index contributed by atoms with van der Waals surface area (Å²) in [5.41, 5.74) is 0.990. The smallest absolute Gasteiger partial charge is 0.356 e. The molecule has 0 radical (unpaired) electrons. The van der Waals surface area contributed by atoms with Gasteiger partial charge in [-0.25, -0.2) is 9.97 Å². The number of fused-ring (bicyclic) bond motifs is 1. The molecule has 9 heteroatoms. The number of carbonyl (C=O) groups is 1. The molecule has 2 N–H and O–H groups in total. The third kappa shape index (κ3) is 3.16. The summed E-state index contributed by atoms with van der Waals surface area (Å²) in [6.07, 6.45) is -2.59. The van der Waals surface area contributed by atoms with Gasteiger partial charge >= 0.3 is 6.18 Å². The number of nitrogens with zero attached hydrogens (tertiary/aromatic N) is 2. The molecule has 0 fully saturated rings. The van der Waals surface area contributed by atoms with Crippen LogP contribution in [0.15, 0.2) is 36.5 Å². The fraction of sp³-hybridized carbons (Fsp3) is 0.167. The molecule has 0 saturated carbocycles. The lowest BCUT2D eigenvalue weighted by Gasteiger charge is -2.13. The molecule has 4 rings (SSSR count). The molecular weight excluding hydrogens is 381 g/mol. The average molecular weight is 393 g/mol. The molecule has 1 amide bonds. The van der Waals surface area contributed by atoms with Gasteiger partial charge in [0, 0.05) is 24.9 Å². The van der Waals surface area contributed by atoms with Gasteiger partial charge in [0.1, 0.15) is 0 Å². The van der Waals surface area contributed by atoms with Gasteiger partial charge in [-0.3, -0.25) is 4.79 Å². The molecule has 138 valence electrons. The molecule has 27 heavy (non-hydrogen) atoms. The lowest BCUT2D eigenvalue weighted by atomic mass is 10.1. The van der Waals surface area contributed by atoms with Crippen molar-refractivity contribution in [3.05, 3.63) is 58.4 Å². The Morgan fingerprint density at radius 3 is 2.74 bits per heavy atom. The van der Waals surface area contributed by atoms with Crippen LogP contribution in [0.3, 0.4) is 0 Å². The number of H-pyrrole nitrogens is 1. The highest BCUT2D eigenvalue weighted by Crippen LogP contribution is 2.39. The highest BCUT2D eigenvalue weighted by Gasteiger charge is 2.35. The van der Waals surface area contributed by atoms with E-state index in [0.717, 1.165) is 11.8 Å². The maximum Gasteiger partial charge on any atom is 0.417 e. The van der Waals surface area contributed by atoms with Gasteiger partial charge in [-0.15, -0.1) is 0 Å². The first kappa shape index (κ1) is 17.5. The van der Waals surface area contributed by atoms with E-state index < -0.39 is 11.7 Å². The number of hydrogen-bond donors (Lipinski definition) is 2. The number of halogens is 4. The Labute approximate surface area is 156 Å². The first-order valence-electron chi connectivity index (χ1n) is 8.04. The van der Waals surface area contributed by atoms with Gasteiger partial charge < -0.3 is 10.3 Å². The summed E-state index contributed by atoms with van der Waals surface area (Å²) < 4.78 is 40.1. The number of aromatic nitrogens is 3. The zero-order valence-electron chi connectivity index (χ0n) is 13.7. The van der Waals surface area contributed by atoms with E-state index in [2.05, 4.69) is 20.3 Å². The quantitative estimate of drug-likeness (QED) is 0.690. The molecule has 5 nitrogen and oxygen atoms in total. The topological polar surface area (TPSA) is 70.7 Å². The zero-order valence-corrected chi connectivity index (χ0v) is 14.4. The molecule has 0 aliphatic carbocycles. The van der Waals surface area contributed by atoms with E-state index in [4.69, 9.17) is 11.6 Å². The van der Waals surface area contributed by atoms with E-state index in [1.54, 1.807) is 12.1 Å². The van der Waals surface area contributed by atoms with Gasteiger partial charge in [0.2, 0.25) is 0 Å². The monoisotopic (exact) mass is 392 g/mol. The minimum atomic E-state index is -4.59. The van der Waals surface area contributed by atoms with E-state index >= 15 is 0 Å². The maximum atomic E-state index is 13.4. The molecule has 1 aliphatic rings. The molecule has 3 aromatic rings. The number of benzene rings is 1. The van der Waals surface area contributed by atoms with Crippen molar-refractivity contribution in [2.24, 2.45) is 0 Å². The van der Waals surface area contributed by atoms with Crippen LogP contribution in [0, 0.1) is 0 Å². The Morgan fingerprint density at radius 2 is 2.00 bits per heavy atom. The predicted molar refractivity (Wildman–Crippen MR) is 93.3 cm³/mol. The summed E-state index contributed by atoms with van der Waals surface area (Å²) >= 11 is 6.03. The Hall–Kier alpha value is -2.87. The molecule has 0 atom stereocenters. The van der Waals surface area contributed by atoms with Crippen molar-refractivity contribution in [2.45, 2.75) is 12.6 Å². The maximum absolute atomic E-state index is 13.4. The van der Waals surface area contributed by atoms with Gasteiger partial charge in [0.05, 0.1) is 33.1 Å². The van der Waals surface area contributed by atoms with Crippen molar-refractivity contribution in [1.82, 2.24) is 20.3 Å².